The third kappa shape index (κ3) is 4.28. The Morgan fingerprint density at radius 3 is 2.39 bits per heavy atom. The molecule has 0 aliphatic heterocycles. The molecule has 0 aromatic carbocycles. The summed E-state index contributed by atoms with van der Waals surface area (Å²) in [5.74, 6) is 0.887. The molecule has 0 aliphatic carbocycles. The Labute approximate surface area is 112 Å². The molecule has 0 unspecified atom stereocenters. The van der Waals surface area contributed by atoms with Gasteiger partial charge in [0.05, 0.1) is 5.69 Å². The molecule has 1 aromatic rings. The summed E-state index contributed by atoms with van der Waals surface area (Å²) in [5.41, 5.74) is 1.20. The van der Waals surface area contributed by atoms with E-state index in [1.54, 1.807) is 0 Å². The summed E-state index contributed by atoms with van der Waals surface area (Å²) in [7, 11) is 0. The van der Waals surface area contributed by atoms with E-state index in [9.17, 15) is 0 Å². The van der Waals surface area contributed by atoms with Crippen molar-refractivity contribution in [2.45, 2.75) is 59.3 Å². The van der Waals surface area contributed by atoms with Crippen molar-refractivity contribution in [1.82, 2.24) is 9.97 Å². The van der Waals surface area contributed by atoms with Gasteiger partial charge in [-0.25, -0.2) is 9.97 Å². The monoisotopic (exact) mass is 249 g/mol. The van der Waals surface area contributed by atoms with Crippen molar-refractivity contribution in [2.24, 2.45) is 0 Å². The summed E-state index contributed by atoms with van der Waals surface area (Å²) < 4.78 is 0. The van der Waals surface area contributed by atoms with E-state index in [4.69, 9.17) is 4.98 Å². The molecule has 0 saturated carbocycles. The van der Waals surface area contributed by atoms with Gasteiger partial charge in [-0.1, -0.05) is 41.0 Å². The lowest BCUT2D eigenvalue weighted by atomic mass is 9.92. The van der Waals surface area contributed by atoms with Crippen LogP contribution in [0, 0.1) is 0 Å². The van der Waals surface area contributed by atoms with Crippen molar-refractivity contribution in [3.05, 3.63) is 18.0 Å². The van der Waals surface area contributed by atoms with Crippen molar-refractivity contribution in [3.63, 3.8) is 0 Å². The number of hydrogen-bond donors (Lipinski definition) is 0. The molecule has 0 fully saturated rings. The number of aromatic nitrogens is 2. The Hall–Kier alpha value is -1.12. The van der Waals surface area contributed by atoms with Crippen LogP contribution in [0.5, 0.6) is 0 Å². The number of anilines is 1. The average Bonchev–Trinajstić information content (AvgIpc) is 2.33. The van der Waals surface area contributed by atoms with E-state index in [-0.39, 0.29) is 5.41 Å². The van der Waals surface area contributed by atoms with Crippen LogP contribution in [0.1, 0.15) is 59.6 Å². The van der Waals surface area contributed by atoms with Gasteiger partial charge in [-0.15, -0.1) is 0 Å². The van der Waals surface area contributed by atoms with Crippen LogP contribution in [0.15, 0.2) is 12.3 Å². The van der Waals surface area contributed by atoms with Crippen molar-refractivity contribution >= 4 is 5.95 Å². The van der Waals surface area contributed by atoms with Gasteiger partial charge in [0.2, 0.25) is 5.95 Å². The Bertz CT molecular complexity index is 355. The first-order valence-corrected chi connectivity index (χ1v) is 7.07. The highest BCUT2D eigenvalue weighted by Gasteiger charge is 2.17. The highest BCUT2D eigenvalue weighted by molar-refractivity contribution is 5.31. The van der Waals surface area contributed by atoms with Crippen LogP contribution in [-0.2, 0) is 5.41 Å². The second-order valence-corrected chi connectivity index (χ2v) is 5.83. The van der Waals surface area contributed by atoms with Crippen LogP contribution in [0.3, 0.4) is 0 Å². The van der Waals surface area contributed by atoms with E-state index >= 15 is 0 Å². The Balaban J connectivity index is 2.90. The van der Waals surface area contributed by atoms with Crippen molar-refractivity contribution in [3.8, 4) is 0 Å². The summed E-state index contributed by atoms with van der Waals surface area (Å²) in [6.07, 6.45) is 5.42. The second-order valence-electron chi connectivity index (χ2n) is 5.83. The van der Waals surface area contributed by atoms with E-state index < -0.39 is 0 Å². The molecule has 0 aliphatic rings. The van der Waals surface area contributed by atoms with Gasteiger partial charge in [-0.05, 0) is 18.9 Å². The summed E-state index contributed by atoms with van der Waals surface area (Å²) in [6.45, 7) is 13.1. The minimum absolute atomic E-state index is 0.0837. The molecule has 0 bridgehead atoms. The normalized spacial score (nSPS) is 11.6. The lowest BCUT2D eigenvalue weighted by molar-refractivity contribution is 0.563. The molecule has 3 nitrogen and oxygen atoms in total. The minimum Gasteiger partial charge on any atom is -0.341 e. The zero-order valence-electron chi connectivity index (χ0n) is 12.5. The molecule has 102 valence electrons. The molecule has 1 rings (SSSR count). The first-order chi connectivity index (χ1) is 8.49. The maximum absolute atomic E-state index is 4.73. The quantitative estimate of drug-likeness (QED) is 0.768. The Morgan fingerprint density at radius 2 is 1.83 bits per heavy atom. The summed E-state index contributed by atoms with van der Waals surface area (Å²) >= 11 is 0. The molecule has 0 radical (unpaired) electrons. The molecule has 18 heavy (non-hydrogen) atoms. The van der Waals surface area contributed by atoms with Gasteiger partial charge in [-0.2, -0.15) is 0 Å². The van der Waals surface area contributed by atoms with Gasteiger partial charge >= 0.3 is 0 Å². The van der Waals surface area contributed by atoms with Gasteiger partial charge < -0.3 is 4.90 Å². The fraction of sp³-hybridized carbons (Fsp3) is 0.733. The highest BCUT2D eigenvalue weighted by atomic mass is 15.2. The number of hydrogen-bond acceptors (Lipinski definition) is 3. The summed E-state index contributed by atoms with van der Waals surface area (Å²) in [5, 5.41) is 0. The lowest BCUT2D eigenvalue weighted by Gasteiger charge is -2.24. The zero-order chi connectivity index (χ0) is 13.6. The van der Waals surface area contributed by atoms with E-state index in [1.165, 1.54) is 12.8 Å². The molecular formula is C15H27N3. The molecule has 0 saturated heterocycles. The number of nitrogens with zero attached hydrogens (tertiary/aromatic N) is 3. The second kappa shape index (κ2) is 6.72. The van der Waals surface area contributed by atoms with E-state index in [1.807, 2.05) is 12.3 Å². The fourth-order valence-electron chi connectivity index (χ4n) is 1.85. The zero-order valence-corrected chi connectivity index (χ0v) is 12.5. The smallest absolute Gasteiger partial charge is 0.225 e. The highest BCUT2D eigenvalue weighted by Crippen LogP contribution is 2.21. The minimum atomic E-state index is 0.0837. The van der Waals surface area contributed by atoms with E-state index in [2.05, 4.69) is 44.5 Å². The van der Waals surface area contributed by atoms with Gasteiger partial charge in [0.15, 0.2) is 0 Å². The number of unbranched alkanes of at least 4 members (excludes halogenated alkanes) is 1. The molecule has 1 heterocycles. The summed E-state index contributed by atoms with van der Waals surface area (Å²) in [4.78, 5) is 11.5. The molecule has 0 amide bonds. The first kappa shape index (κ1) is 14.9. The first-order valence-electron chi connectivity index (χ1n) is 7.07. The van der Waals surface area contributed by atoms with Crippen molar-refractivity contribution in [1.29, 1.82) is 0 Å². The molecule has 1 aromatic heterocycles. The van der Waals surface area contributed by atoms with Crippen LogP contribution in [0.2, 0.25) is 0 Å². The molecule has 0 N–H and O–H groups in total. The maximum Gasteiger partial charge on any atom is 0.225 e. The predicted octanol–water partition coefficient (Wildman–Crippen LogP) is 3.79. The lowest BCUT2D eigenvalue weighted by Crippen LogP contribution is -2.28. The standard InChI is InChI=1S/C15H27N3/c1-6-8-12-18(11-7-2)14-16-10-9-13(17-14)15(3,4)5/h9-10H,6-8,11-12H2,1-5H3. The van der Waals surface area contributed by atoms with Gasteiger partial charge in [-0.3, -0.25) is 0 Å². The van der Waals surface area contributed by atoms with Gasteiger partial charge in [0, 0.05) is 24.7 Å². The molecule has 0 atom stereocenters. The Kier molecular flexibility index (Phi) is 5.57. The van der Waals surface area contributed by atoms with Crippen molar-refractivity contribution in [2.75, 3.05) is 18.0 Å². The number of rotatable bonds is 6. The largest absolute Gasteiger partial charge is 0.341 e. The van der Waals surface area contributed by atoms with Gasteiger partial charge in [0.1, 0.15) is 0 Å². The van der Waals surface area contributed by atoms with Crippen LogP contribution in [0.4, 0.5) is 5.95 Å². The van der Waals surface area contributed by atoms with Crippen LogP contribution >= 0.6 is 0 Å². The Morgan fingerprint density at radius 1 is 1.11 bits per heavy atom. The molecule has 0 spiro atoms. The topological polar surface area (TPSA) is 29.0 Å². The third-order valence-corrected chi connectivity index (χ3v) is 2.97. The maximum atomic E-state index is 4.73. The SMILES string of the molecule is CCCCN(CCC)c1nccc(C(C)(C)C)n1. The van der Waals surface area contributed by atoms with Crippen LogP contribution in [0.25, 0.3) is 0 Å². The molecular weight excluding hydrogens is 222 g/mol. The van der Waals surface area contributed by atoms with Crippen molar-refractivity contribution < 1.29 is 0 Å². The summed E-state index contributed by atoms with van der Waals surface area (Å²) in [6, 6.07) is 2.02. The van der Waals surface area contributed by atoms with Crippen LogP contribution < -0.4 is 4.90 Å². The fourth-order valence-corrected chi connectivity index (χ4v) is 1.85. The average molecular weight is 249 g/mol. The van der Waals surface area contributed by atoms with E-state index in [0.29, 0.717) is 0 Å². The predicted molar refractivity (Wildman–Crippen MR) is 78.1 cm³/mol. The molecule has 3 heteroatoms. The van der Waals surface area contributed by atoms with E-state index in [0.717, 1.165) is 31.2 Å². The third-order valence-electron chi connectivity index (χ3n) is 2.97. The van der Waals surface area contributed by atoms with Crippen LogP contribution in [-0.4, -0.2) is 23.1 Å². The van der Waals surface area contributed by atoms with Gasteiger partial charge in [0.25, 0.3) is 0 Å².